The van der Waals surface area contributed by atoms with Crippen LogP contribution in [-0.4, -0.2) is 140 Å². The first kappa shape index (κ1) is 48.4. The maximum atomic E-state index is 13.7. The molecule has 7 rings (SSSR count). The number of ether oxygens (including phenoxy) is 4. The lowest BCUT2D eigenvalue weighted by Crippen LogP contribution is -2.54. The zero-order chi connectivity index (χ0) is 47.3. The summed E-state index contributed by atoms with van der Waals surface area (Å²) in [6.07, 6.45) is 6.54. The number of hydrogen-bond acceptors (Lipinski definition) is 15. The summed E-state index contributed by atoms with van der Waals surface area (Å²) >= 11 is 5.95. The van der Waals surface area contributed by atoms with Gasteiger partial charge in [-0.15, -0.1) is 0 Å². The van der Waals surface area contributed by atoms with Crippen LogP contribution >= 0.6 is 11.6 Å². The van der Waals surface area contributed by atoms with Crippen LogP contribution < -0.4 is 31.3 Å². The van der Waals surface area contributed by atoms with Crippen LogP contribution in [0.15, 0.2) is 67.0 Å². The summed E-state index contributed by atoms with van der Waals surface area (Å²) in [5.41, 5.74) is 2.34. The monoisotopic (exact) mass is 943 g/mol. The van der Waals surface area contributed by atoms with Crippen molar-refractivity contribution in [3.05, 3.63) is 89.0 Å². The van der Waals surface area contributed by atoms with Crippen molar-refractivity contribution in [2.24, 2.45) is 0 Å². The molecule has 0 radical (unpaired) electrons. The molecule has 3 aliphatic heterocycles. The minimum absolute atomic E-state index is 0.0357. The third-order valence-electron chi connectivity index (χ3n) is 11.2. The van der Waals surface area contributed by atoms with E-state index in [0.29, 0.717) is 85.7 Å². The Bertz CT molecular complexity index is 2520. The van der Waals surface area contributed by atoms with Crippen molar-refractivity contribution in [3.8, 4) is 5.75 Å². The number of fused-ring (bicyclic) bond motifs is 2. The third-order valence-corrected chi connectivity index (χ3v) is 11.5. The van der Waals surface area contributed by atoms with E-state index in [1.54, 1.807) is 30.3 Å². The van der Waals surface area contributed by atoms with Crippen LogP contribution in [0.25, 0.3) is 10.9 Å². The molecule has 0 saturated carbocycles. The Morgan fingerprint density at radius 1 is 0.910 bits per heavy atom. The number of imide groups is 2. The number of hydrogen-bond donors (Lipinski definition) is 5. The molecule has 354 valence electrons. The number of rotatable bonds is 22. The first-order chi connectivity index (χ1) is 32.5. The van der Waals surface area contributed by atoms with Gasteiger partial charge in [0, 0.05) is 74.0 Å². The fourth-order valence-electron chi connectivity index (χ4n) is 7.83. The average molecular weight is 944 g/mol. The van der Waals surface area contributed by atoms with Crippen LogP contribution in [0.2, 0.25) is 5.02 Å². The van der Waals surface area contributed by atoms with Crippen molar-refractivity contribution < 1.29 is 52.1 Å². The lowest BCUT2D eigenvalue weighted by molar-refractivity contribution is -0.136. The maximum Gasteiger partial charge on any atom is 0.264 e. The summed E-state index contributed by atoms with van der Waals surface area (Å²) in [4.78, 5) is 87.5. The van der Waals surface area contributed by atoms with Crippen molar-refractivity contribution >= 4 is 80.8 Å². The predicted octanol–water partition coefficient (Wildman–Crippen LogP) is 4.20. The van der Waals surface area contributed by atoms with Gasteiger partial charge in [0.1, 0.15) is 29.8 Å². The first-order valence-electron chi connectivity index (χ1n) is 21.8. The topological polar surface area (TPSA) is 232 Å². The normalized spacial score (nSPS) is 16.6. The highest BCUT2D eigenvalue weighted by atomic mass is 35.5. The predicted molar refractivity (Wildman–Crippen MR) is 245 cm³/mol. The number of likely N-dealkylation sites (tertiary alicyclic amines) is 1. The van der Waals surface area contributed by atoms with E-state index in [2.05, 4.69) is 41.5 Å². The summed E-state index contributed by atoms with van der Waals surface area (Å²) in [6, 6.07) is 11.5. The molecule has 21 heteroatoms. The largest absolute Gasteiger partial charge is 0.494 e. The lowest BCUT2D eigenvalue weighted by atomic mass is 10.0. The van der Waals surface area contributed by atoms with Crippen LogP contribution in [0.5, 0.6) is 5.75 Å². The van der Waals surface area contributed by atoms with Gasteiger partial charge < -0.3 is 40.2 Å². The Balaban J connectivity index is 0.716. The molecule has 67 heavy (non-hydrogen) atoms. The highest BCUT2D eigenvalue weighted by molar-refractivity contribution is 6.31. The van der Waals surface area contributed by atoms with Crippen LogP contribution in [0.1, 0.15) is 52.8 Å². The molecule has 0 bridgehead atoms. The summed E-state index contributed by atoms with van der Waals surface area (Å²) in [5, 5.41) is 15.0. The summed E-state index contributed by atoms with van der Waals surface area (Å²) in [6.45, 7) is 4.27. The molecule has 0 spiro atoms. The van der Waals surface area contributed by atoms with E-state index < -0.39 is 35.5 Å². The number of nitrogens with zero attached hydrogens (tertiary/aromatic N) is 4. The second-order valence-corrected chi connectivity index (χ2v) is 16.2. The van der Waals surface area contributed by atoms with E-state index in [-0.39, 0.29) is 59.9 Å². The molecule has 4 heterocycles. The van der Waals surface area contributed by atoms with Crippen molar-refractivity contribution in [3.63, 3.8) is 0 Å². The third kappa shape index (κ3) is 12.7. The fraction of sp³-hybridized carbons (Fsp3) is 0.391. The van der Waals surface area contributed by atoms with Gasteiger partial charge in [-0.25, -0.2) is 14.4 Å². The molecule has 2 saturated heterocycles. The average Bonchev–Trinajstić information content (AvgIpc) is 3.57. The van der Waals surface area contributed by atoms with E-state index in [4.69, 9.17) is 30.5 Å². The summed E-state index contributed by atoms with van der Waals surface area (Å²) in [5.74, 6) is -2.37. The minimum Gasteiger partial charge on any atom is -0.494 e. The van der Waals surface area contributed by atoms with E-state index in [9.17, 15) is 33.2 Å². The Hall–Kier alpha value is -6.58. The fourth-order valence-corrected chi connectivity index (χ4v) is 8.01. The molecule has 4 aromatic rings. The summed E-state index contributed by atoms with van der Waals surface area (Å²) in [7, 11) is 1.50. The molecule has 3 aromatic carbocycles. The Morgan fingerprint density at radius 2 is 1.67 bits per heavy atom. The van der Waals surface area contributed by atoms with Crippen LogP contribution in [-0.2, 0) is 33.4 Å². The van der Waals surface area contributed by atoms with Crippen LogP contribution in [0.3, 0.4) is 0 Å². The van der Waals surface area contributed by atoms with Crippen LogP contribution in [0.4, 0.5) is 27.3 Å². The Labute approximate surface area is 390 Å². The van der Waals surface area contributed by atoms with Gasteiger partial charge in [-0.2, -0.15) is 0 Å². The highest BCUT2D eigenvalue weighted by Crippen LogP contribution is 2.35. The van der Waals surface area contributed by atoms with Gasteiger partial charge in [0.15, 0.2) is 0 Å². The van der Waals surface area contributed by atoms with Gasteiger partial charge >= 0.3 is 0 Å². The Kier molecular flexibility index (Phi) is 16.8. The van der Waals surface area contributed by atoms with Crippen LogP contribution in [0, 0.1) is 5.82 Å². The van der Waals surface area contributed by atoms with E-state index in [0.717, 1.165) is 30.8 Å². The molecule has 5 N–H and O–H groups in total. The number of carbonyl (C=O) groups is 6. The first-order valence-corrected chi connectivity index (χ1v) is 22.2. The minimum atomic E-state index is -1.03. The van der Waals surface area contributed by atoms with Gasteiger partial charge in [0.2, 0.25) is 23.6 Å². The second kappa shape index (κ2) is 23.2. The number of anilines is 4. The number of benzene rings is 3. The van der Waals surface area contributed by atoms with Crippen molar-refractivity contribution in [1.29, 1.82) is 0 Å². The zero-order valence-corrected chi connectivity index (χ0v) is 37.5. The highest BCUT2D eigenvalue weighted by Gasteiger charge is 2.45. The number of amides is 6. The molecule has 19 nitrogen and oxygen atoms in total. The van der Waals surface area contributed by atoms with E-state index in [1.165, 1.54) is 43.8 Å². The van der Waals surface area contributed by atoms with Crippen molar-refractivity contribution in [2.45, 2.75) is 44.2 Å². The number of piperidine rings is 2. The van der Waals surface area contributed by atoms with Crippen molar-refractivity contribution in [2.75, 3.05) is 88.9 Å². The standard InChI is InChI=1S/C46H51ClFN9O10/c1-64-38-26-35-31(43(51-27-50-35)53-29-7-8-33(48)32(47)24-29)25-36(38)54-39(58)6-3-15-56-16-11-28(12-17-56)52-41(60)13-18-65-20-22-67-23-21-66-19-14-49-34-5-2-4-30-42(34)46(63)57(45(30)62)37-9-10-40(59)55-44(37)61/h2-8,24-28,37,49H,9-23H2,1H3,(H,52,60)(H,54,58)(H,50,51,53)(H,55,59,61)/b6-3+. The summed E-state index contributed by atoms with van der Waals surface area (Å²) < 4.78 is 36.0. The molecule has 0 aliphatic carbocycles. The molecule has 2 fully saturated rings. The molecule has 1 unspecified atom stereocenters. The molecule has 3 aliphatic rings. The van der Waals surface area contributed by atoms with Crippen molar-refractivity contribution in [1.82, 2.24) is 30.4 Å². The number of carbonyl (C=O) groups excluding carboxylic acids is 6. The number of methoxy groups -OCH3 is 1. The number of halogens is 2. The lowest BCUT2D eigenvalue weighted by Gasteiger charge is -2.31. The SMILES string of the molecule is COc1cc2ncnc(Nc3ccc(F)c(Cl)c3)c2cc1NC(=O)/C=C/CN1CCC(NC(=O)CCOCCOCCOCCNc2cccc3c2C(=O)N(C2CCC(=O)NC2=O)C3=O)CC1. The van der Waals surface area contributed by atoms with Gasteiger partial charge in [-0.05, 0) is 55.7 Å². The molecular formula is C46H51ClFN9O10. The maximum absolute atomic E-state index is 13.7. The number of aromatic nitrogens is 2. The zero-order valence-electron chi connectivity index (χ0n) is 36.7. The quantitative estimate of drug-likeness (QED) is 0.0422. The van der Waals surface area contributed by atoms with Gasteiger partial charge in [0.25, 0.3) is 11.8 Å². The number of nitrogens with one attached hydrogen (secondary N) is 5. The molecule has 6 amide bonds. The van der Waals surface area contributed by atoms with E-state index in [1.807, 2.05) is 0 Å². The van der Waals surface area contributed by atoms with Gasteiger partial charge in [-0.3, -0.25) is 43.9 Å². The molecule has 1 aromatic heterocycles. The van der Waals surface area contributed by atoms with Gasteiger partial charge in [0.05, 0.1) is 74.1 Å². The molecular weight excluding hydrogens is 893 g/mol. The smallest absolute Gasteiger partial charge is 0.264 e. The molecule has 1 atom stereocenters. The second-order valence-electron chi connectivity index (χ2n) is 15.8. The Morgan fingerprint density at radius 3 is 2.42 bits per heavy atom. The van der Waals surface area contributed by atoms with Gasteiger partial charge in [-0.1, -0.05) is 23.7 Å². The van der Waals surface area contributed by atoms with E-state index >= 15 is 0 Å².